The van der Waals surface area contributed by atoms with Crippen molar-refractivity contribution in [2.75, 3.05) is 5.73 Å². The monoisotopic (exact) mass is 342 g/mol. The predicted octanol–water partition coefficient (Wildman–Crippen LogP) is 3.18. The molecule has 2 aromatic heterocycles. The van der Waals surface area contributed by atoms with E-state index < -0.39 is 17.5 Å². The molecule has 0 atom stereocenters. The van der Waals surface area contributed by atoms with E-state index in [1.807, 2.05) is 0 Å². The fourth-order valence-electron chi connectivity index (χ4n) is 1.88. The molecule has 0 fully saturated rings. The average Bonchev–Trinajstić information content (AvgIpc) is 2.72. The van der Waals surface area contributed by atoms with E-state index in [1.54, 1.807) is 6.07 Å². The Morgan fingerprint density at radius 2 is 1.90 bits per heavy atom. The first kappa shape index (κ1) is 12.9. The number of fused-ring (bicyclic) bond motifs is 1. The van der Waals surface area contributed by atoms with Gasteiger partial charge in [-0.15, -0.1) is 0 Å². The van der Waals surface area contributed by atoms with Crippen molar-refractivity contribution in [1.82, 2.24) is 14.5 Å². The molecule has 0 bridgehead atoms. The van der Waals surface area contributed by atoms with Gasteiger partial charge >= 0.3 is 0 Å². The van der Waals surface area contributed by atoms with Gasteiger partial charge in [-0.05, 0) is 34.1 Å². The minimum Gasteiger partial charge on any atom is -0.369 e. The minimum atomic E-state index is -1.57. The SMILES string of the molecule is Nc1nc2cc(Br)cnc2n1-c1ccc(F)c(F)c1F. The van der Waals surface area contributed by atoms with Crippen molar-refractivity contribution >= 4 is 33.0 Å². The Morgan fingerprint density at radius 1 is 1.15 bits per heavy atom. The van der Waals surface area contributed by atoms with Crippen LogP contribution in [0.4, 0.5) is 19.1 Å². The molecule has 0 radical (unpaired) electrons. The Balaban J connectivity index is 2.35. The highest BCUT2D eigenvalue weighted by molar-refractivity contribution is 9.10. The first-order valence-electron chi connectivity index (χ1n) is 5.42. The topological polar surface area (TPSA) is 56.7 Å². The van der Waals surface area contributed by atoms with Crippen molar-refractivity contribution in [1.29, 1.82) is 0 Å². The highest BCUT2D eigenvalue weighted by Gasteiger charge is 2.19. The van der Waals surface area contributed by atoms with Crippen LogP contribution < -0.4 is 5.73 Å². The fourth-order valence-corrected chi connectivity index (χ4v) is 2.20. The maximum atomic E-state index is 13.9. The number of aromatic nitrogens is 3. The molecular weight excluding hydrogens is 337 g/mol. The summed E-state index contributed by atoms with van der Waals surface area (Å²) in [6.07, 6.45) is 1.47. The van der Waals surface area contributed by atoms with Crippen LogP contribution in [0, 0.1) is 17.5 Å². The Hall–Kier alpha value is -2.09. The van der Waals surface area contributed by atoms with Crippen LogP contribution in [0.3, 0.4) is 0 Å². The molecule has 0 amide bonds. The quantitative estimate of drug-likeness (QED) is 0.691. The van der Waals surface area contributed by atoms with Crippen LogP contribution >= 0.6 is 15.9 Å². The summed E-state index contributed by atoms with van der Waals surface area (Å²) in [5, 5.41) is 0. The lowest BCUT2D eigenvalue weighted by atomic mass is 10.2. The number of imidazole rings is 1. The molecule has 0 aliphatic rings. The van der Waals surface area contributed by atoms with Gasteiger partial charge in [0.25, 0.3) is 0 Å². The molecule has 0 saturated carbocycles. The standard InChI is InChI=1S/C12H6BrF3N4/c13-5-3-7-11(18-4-5)20(12(17)19-7)8-2-1-6(14)9(15)10(8)16/h1-4H,(H2,17,19). The largest absolute Gasteiger partial charge is 0.369 e. The molecule has 0 unspecified atom stereocenters. The third kappa shape index (κ3) is 1.83. The van der Waals surface area contributed by atoms with Crippen LogP contribution in [0.25, 0.3) is 16.9 Å². The summed E-state index contributed by atoms with van der Waals surface area (Å²) >= 11 is 3.22. The molecular formula is C12H6BrF3N4. The van der Waals surface area contributed by atoms with E-state index in [1.165, 1.54) is 6.20 Å². The predicted molar refractivity (Wildman–Crippen MR) is 70.9 cm³/mol. The van der Waals surface area contributed by atoms with Gasteiger partial charge in [-0.1, -0.05) is 0 Å². The van der Waals surface area contributed by atoms with Gasteiger partial charge in [-0.2, -0.15) is 0 Å². The number of nitrogens with zero attached hydrogens (tertiary/aromatic N) is 3. The summed E-state index contributed by atoms with van der Waals surface area (Å²) in [7, 11) is 0. The Labute approximate surface area is 119 Å². The lowest BCUT2D eigenvalue weighted by Gasteiger charge is -2.08. The summed E-state index contributed by atoms with van der Waals surface area (Å²) in [6.45, 7) is 0. The van der Waals surface area contributed by atoms with E-state index >= 15 is 0 Å². The van der Waals surface area contributed by atoms with E-state index in [4.69, 9.17) is 5.73 Å². The van der Waals surface area contributed by atoms with Crippen molar-refractivity contribution in [2.24, 2.45) is 0 Å². The van der Waals surface area contributed by atoms with Crippen molar-refractivity contribution in [3.8, 4) is 5.69 Å². The van der Waals surface area contributed by atoms with Crippen LogP contribution in [-0.2, 0) is 0 Å². The molecule has 1 aromatic carbocycles. The second-order valence-electron chi connectivity index (χ2n) is 4.00. The third-order valence-electron chi connectivity index (χ3n) is 2.75. The maximum Gasteiger partial charge on any atom is 0.207 e. The van der Waals surface area contributed by atoms with E-state index in [2.05, 4.69) is 25.9 Å². The summed E-state index contributed by atoms with van der Waals surface area (Å²) in [6, 6.07) is 3.53. The minimum absolute atomic E-state index is 0.0736. The Bertz CT molecular complexity index is 831. The molecule has 0 aliphatic carbocycles. The highest BCUT2D eigenvalue weighted by atomic mass is 79.9. The molecule has 20 heavy (non-hydrogen) atoms. The molecule has 2 N–H and O–H groups in total. The van der Waals surface area contributed by atoms with Gasteiger partial charge in [-0.25, -0.2) is 23.1 Å². The number of rotatable bonds is 1. The zero-order valence-corrected chi connectivity index (χ0v) is 11.3. The Morgan fingerprint density at radius 3 is 2.65 bits per heavy atom. The van der Waals surface area contributed by atoms with Crippen molar-refractivity contribution in [2.45, 2.75) is 0 Å². The van der Waals surface area contributed by atoms with Gasteiger partial charge in [-0.3, -0.25) is 4.57 Å². The zero-order valence-electron chi connectivity index (χ0n) is 9.74. The van der Waals surface area contributed by atoms with Gasteiger partial charge in [0.1, 0.15) is 5.52 Å². The van der Waals surface area contributed by atoms with Crippen molar-refractivity contribution in [3.05, 3.63) is 46.3 Å². The number of benzene rings is 1. The van der Waals surface area contributed by atoms with Crippen molar-refractivity contribution in [3.63, 3.8) is 0 Å². The van der Waals surface area contributed by atoms with Crippen LogP contribution in [0.15, 0.2) is 28.9 Å². The number of nitrogens with two attached hydrogens (primary N) is 1. The molecule has 3 aromatic rings. The van der Waals surface area contributed by atoms with Gasteiger partial charge in [0.2, 0.25) is 5.95 Å². The lowest BCUT2D eigenvalue weighted by molar-refractivity contribution is 0.445. The molecule has 0 spiro atoms. The fraction of sp³-hybridized carbons (Fsp3) is 0. The number of hydrogen-bond donors (Lipinski definition) is 1. The summed E-state index contributed by atoms with van der Waals surface area (Å²) in [4.78, 5) is 8.07. The van der Waals surface area contributed by atoms with E-state index in [0.717, 1.165) is 16.7 Å². The van der Waals surface area contributed by atoms with E-state index in [9.17, 15) is 13.2 Å². The van der Waals surface area contributed by atoms with Crippen LogP contribution in [-0.4, -0.2) is 14.5 Å². The molecule has 0 aliphatic heterocycles. The Kier molecular flexibility index (Phi) is 2.89. The normalized spacial score (nSPS) is 11.2. The molecule has 8 heteroatoms. The number of nitrogen functional groups attached to an aromatic ring is 1. The smallest absolute Gasteiger partial charge is 0.207 e. The van der Waals surface area contributed by atoms with Crippen LogP contribution in [0.2, 0.25) is 0 Å². The highest BCUT2D eigenvalue weighted by Crippen LogP contribution is 2.26. The average molecular weight is 343 g/mol. The first-order chi connectivity index (χ1) is 9.49. The second kappa shape index (κ2) is 4.48. The number of anilines is 1. The lowest BCUT2D eigenvalue weighted by Crippen LogP contribution is -2.06. The molecule has 4 nitrogen and oxygen atoms in total. The van der Waals surface area contributed by atoms with E-state index in [0.29, 0.717) is 9.99 Å². The molecule has 102 valence electrons. The van der Waals surface area contributed by atoms with E-state index in [-0.39, 0.29) is 17.3 Å². The summed E-state index contributed by atoms with van der Waals surface area (Å²) in [5.41, 5.74) is 6.10. The van der Waals surface area contributed by atoms with Crippen molar-refractivity contribution < 1.29 is 13.2 Å². The van der Waals surface area contributed by atoms with Crippen LogP contribution in [0.1, 0.15) is 0 Å². The van der Waals surface area contributed by atoms with Crippen LogP contribution in [0.5, 0.6) is 0 Å². The molecule has 0 saturated heterocycles. The number of hydrogen-bond acceptors (Lipinski definition) is 3. The molecule has 3 rings (SSSR count). The number of pyridine rings is 1. The van der Waals surface area contributed by atoms with Gasteiger partial charge in [0, 0.05) is 10.7 Å². The third-order valence-corrected chi connectivity index (χ3v) is 3.18. The summed E-state index contributed by atoms with van der Waals surface area (Å²) < 4.78 is 42.0. The first-order valence-corrected chi connectivity index (χ1v) is 6.21. The zero-order chi connectivity index (χ0) is 14.4. The van der Waals surface area contributed by atoms with Gasteiger partial charge < -0.3 is 5.73 Å². The molecule has 2 heterocycles. The maximum absolute atomic E-state index is 13.9. The number of halogens is 4. The summed E-state index contributed by atoms with van der Waals surface area (Å²) in [5.74, 6) is -4.26. The second-order valence-corrected chi connectivity index (χ2v) is 4.91. The van der Waals surface area contributed by atoms with Gasteiger partial charge in [0.05, 0.1) is 5.69 Å². The van der Waals surface area contributed by atoms with Gasteiger partial charge in [0.15, 0.2) is 23.1 Å².